The van der Waals surface area contributed by atoms with E-state index < -0.39 is 23.5 Å². The molecule has 3 heterocycles. The molecular weight excluding hydrogens is 440 g/mol. The fraction of sp³-hybridized carbons (Fsp3) is 0.231. The molecule has 1 amide bonds. The van der Waals surface area contributed by atoms with Crippen LogP contribution in [0.2, 0.25) is 5.02 Å². The second-order valence-electron chi connectivity index (χ2n) is 8.35. The maximum Gasteiger partial charge on any atom is 0.290 e. The summed E-state index contributed by atoms with van der Waals surface area (Å²) in [5, 5.41) is 13.0. The summed E-state index contributed by atoms with van der Waals surface area (Å²) in [6.07, 6.45) is 1.62. The van der Waals surface area contributed by atoms with Gasteiger partial charge in [-0.2, -0.15) is 0 Å². The Kier molecular flexibility index (Phi) is 5.25. The van der Waals surface area contributed by atoms with Crippen molar-refractivity contribution in [2.75, 3.05) is 6.54 Å². The molecule has 4 aromatic rings. The number of halogens is 1. The summed E-state index contributed by atoms with van der Waals surface area (Å²) >= 11 is 6.08. The number of carbonyl (C=O) groups excluding carboxylic acids is 2. The number of para-hydroxylation sites is 1. The Labute approximate surface area is 195 Å². The average molecular weight is 463 g/mol. The van der Waals surface area contributed by atoms with Gasteiger partial charge >= 0.3 is 0 Å². The van der Waals surface area contributed by atoms with Crippen LogP contribution in [0.25, 0.3) is 21.9 Å². The van der Waals surface area contributed by atoms with Crippen LogP contribution in [0.3, 0.4) is 0 Å². The third-order valence-corrected chi connectivity index (χ3v) is 6.45. The zero-order chi connectivity index (χ0) is 23.3. The summed E-state index contributed by atoms with van der Waals surface area (Å²) in [5.41, 5.74) is 3.10. The lowest BCUT2D eigenvalue weighted by Gasteiger charge is -2.27. The second-order valence-corrected chi connectivity index (χ2v) is 8.78. The van der Waals surface area contributed by atoms with Crippen molar-refractivity contribution in [3.8, 4) is 0 Å². The van der Waals surface area contributed by atoms with Gasteiger partial charge in [0.05, 0.1) is 11.6 Å². The molecule has 0 fully saturated rings. The molecule has 5 rings (SSSR count). The van der Waals surface area contributed by atoms with Crippen LogP contribution >= 0.6 is 11.6 Å². The van der Waals surface area contributed by atoms with E-state index in [1.807, 2.05) is 38.1 Å². The molecule has 0 bridgehead atoms. The van der Waals surface area contributed by atoms with Crippen LogP contribution in [-0.2, 0) is 4.79 Å². The van der Waals surface area contributed by atoms with Crippen LogP contribution in [0.5, 0.6) is 0 Å². The predicted molar refractivity (Wildman–Crippen MR) is 128 cm³/mol. The molecule has 0 saturated carbocycles. The number of aromatic amines is 1. The number of aromatic nitrogens is 1. The van der Waals surface area contributed by atoms with Gasteiger partial charge < -0.3 is 19.4 Å². The number of rotatable bonds is 6. The van der Waals surface area contributed by atoms with Gasteiger partial charge in [-0.25, -0.2) is 0 Å². The Hall–Kier alpha value is -3.51. The van der Waals surface area contributed by atoms with E-state index in [2.05, 4.69) is 4.98 Å². The highest BCUT2D eigenvalue weighted by atomic mass is 35.5. The summed E-state index contributed by atoms with van der Waals surface area (Å²) < 4.78 is 5.79. The van der Waals surface area contributed by atoms with E-state index in [1.165, 1.54) is 0 Å². The first-order valence-corrected chi connectivity index (χ1v) is 11.3. The fourth-order valence-electron chi connectivity index (χ4n) is 4.65. The average Bonchev–Trinajstić information content (AvgIpc) is 3.43. The molecule has 7 heteroatoms. The summed E-state index contributed by atoms with van der Waals surface area (Å²) in [6, 6.07) is 13.7. The zero-order valence-electron chi connectivity index (χ0n) is 18.3. The third-order valence-electron chi connectivity index (χ3n) is 6.22. The van der Waals surface area contributed by atoms with Gasteiger partial charge in [0.1, 0.15) is 5.58 Å². The van der Waals surface area contributed by atoms with Crippen LogP contribution in [0.1, 0.15) is 47.6 Å². The fourth-order valence-corrected chi connectivity index (χ4v) is 4.83. The number of unbranched alkanes of at least 4 members (excludes halogenated alkanes) is 1. The lowest BCUT2D eigenvalue weighted by Crippen LogP contribution is -2.32. The van der Waals surface area contributed by atoms with Crippen molar-refractivity contribution in [2.24, 2.45) is 0 Å². The van der Waals surface area contributed by atoms with Gasteiger partial charge in [-0.15, -0.1) is 0 Å². The lowest BCUT2D eigenvalue weighted by molar-refractivity contribution is -0.129. The maximum atomic E-state index is 13.7. The number of aryl methyl sites for hydroxylation is 1. The number of benzene rings is 2. The Balaban J connectivity index is 1.68. The largest absolute Gasteiger partial charge is 0.503 e. The molecule has 33 heavy (non-hydrogen) atoms. The van der Waals surface area contributed by atoms with E-state index in [0.29, 0.717) is 22.5 Å². The molecule has 0 radical (unpaired) electrons. The number of aliphatic hydroxyl groups is 1. The predicted octanol–water partition coefficient (Wildman–Crippen LogP) is 6.25. The van der Waals surface area contributed by atoms with E-state index in [1.54, 1.807) is 29.2 Å². The van der Waals surface area contributed by atoms with Gasteiger partial charge in [-0.05, 0) is 43.7 Å². The summed E-state index contributed by atoms with van der Waals surface area (Å²) in [4.78, 5) is 31.8. The molecule has 6 nitrogen and oxygen atoms in total. The molecule has 168 valence electrons. The van der Waals surface area contributed by atoms with Crippen molar-refractivity contribution in [2.45, 2.75) is 32.7 Å². The lowest BCUT2D eigenvalue weighted by atomic mass is 9.93. The first-order chi connectivity index (χ1) is 15.9. The van der Waals surface area contributed by atoms with Crippen molar-refractivity contribution in [3.05, 3.63) is 81.9 Å². The molecule has 0 spiro atoms. The Bertz CT molecular complexity index is 1450. The van der Waals surface area contributed by atoms with E-state index >= 15 is 0 Å². The first kappa shape index (κ1) is 21.3. The monoisotopic (exact) mass is 462 g/mol. The number of H-pyrrole nitrogens is 1. The first-order valence-electron chi connectivity index (χ1n) is 11.0. The number of ketones is 1. The minimum Gasteiger partial charge on any atom is -0.503 e. The van der Waals surface area contributed by atoms with Gasteiger partial charge in [0.15, 0.2) is 11.5 Å². The SMILES string of the molecule is CCCCN1C(=O)C(O)=C(C(=O)c2cc3cc(Cl)ccc3o2)C1c1c(C)[nH]c2ccccc12. The quantitative estimate of drug-likeness (QED) is 0.331. The van der Waals surface area contributed by atoms with Crippen molar-refractivity contribution in [3.63, 3.8) is 0 Å². The van der Waals surface area contributed by atoms with E-state index in [9.17, 15) is 14.7 Å². The molecule has 2 aromatic carbocycles. The number of Topliss-reactive ketones (excluding diaryl/α,β-unsaturated/α-hetero) is 1. The van der Waals surface area contributed by atoms with Crippen molar-refractivity contribution in [1.29, 1.82) is 0 Å². The molecular formula is C26H23ClN2O4. The van der Waals surface area contributed by atoms with Crippen molar-refractivity contribution >= 4 is 45.2 Å². The van der Waals surface area contributed by atoms with Crippen molar-refractivity contribution < 1.29 is 19.1 Å². The molecule has 0 aliphatic carbocycles. The van der Waals surface area contributed by atoms with Crippen LogP contribution < -0.4 is 0 Å². The highest BCUT2D eigenvalue weighted by molar-refractivity contribution is 6.31. The van der Waals surface area contributed by atoms with Crippen LogP contribution in [0.15, 0.2) is 64.3 Å². The standard InChI is InChI=1S/C26H23ClN2O4/c1-3-4-11-29-23(21-14(2)28-18-8-6-5-7-17(18)21)22(25(31)26(29)32)24(30)20-13-15-12-16(27)9-10-19(15)33-20/h5-10,12-13,23,28,31H,3-4,11H2,1-2H3. The number of hydrogen-bond acceptors (Lipinski definition) is 4. The summed E-state index contributed by atoms with van der Waals surface area (Å²) in [5.74, 6) is -1.52. The molecule has 0 saturated heterocycles. The van der Waals surface area contributed by atoms with Gasteiger partial charge in [-0.3, -0.25) is 9.59 Å². The van der Waals surface area contributed by atoms with E-state index in [-0.39, 0.29) is 11.3 Å². The molecule has 2 N–H and O–H groups in total. The van der Waals surface area contributed by atoms with Crippen LogP contribution in [0, 0.1) is 6.92 Å². The second kappa shape index (κ2) is 8.12. The number of amides is 1. The Morgan fingerprint density at radius 1 is 1.21 bits per heavy atom. The highest BCUT2D eigenvalue weighted by Gasteiger charge is 2.45. The number of furan rings is 1. The zero-order valence-corrected chi connectivity index (χ0v) is 19.1. The van der Waals surface area contributed by atoms with Crippen molar-refractivity contribution in [1.82, 2.24) is 9.88 Å². The molecule has 2 aromatic heterocycles. The van der Waals surface area contributed by atoms with Gasteiger partial charge in [0.2, 0.25) is 5.78 Å². The van der Waals surface area contributed by atoms with Crippen LogP contribution in [-0.4, -0.2) is 33.2 Å². The smallest absolute Gasteiger partial charge is 0.290 e. The van der Waals surface area contributed by atoms with Crippen LogP contribution in [0.4, 0.5) is 0 Å². The maximum absolute atomic E-state index is 13.7. The molecule has 1 aliphatic heterocycles. The number of aliphatic hydroxyl groups excluding tert-OH is 1. The molecule has 1 unspecified atom stereocenters. The van der Waals surface area contributed by atoms with Gasteiger partial charge in [0, 0.05) is 39.1 Å². The molecule has 1 aliphatic rings. The molecule has 1 atom stereocenters. The number of nitrogens with zero attached hydrogens (tertiary/aromatic N) is 1. The minimum absolute atomic E-state index is 0.0362. The number of nitrogens with one attached hydrogen (secondary N) is 1. The normalized spacial score (nSPS) is 16.5. The number of hydrogen-bond donors (Lipinski definition) is 2. The topological polar surface area (TPSA) is 86.5 Å². The number of carbonyl (C=O) groups is 2. The third kappa shape index (κ3) is 3.42. The number of fused-ring (bicyclic) bond motifs is 2. The van der Waals surface area contributed by atoms with Gasteiger partial charge in [-0.1, -0.05) is 43.1 Å². The van der Waals surface area contributed by atoms with E-state index in [0.717, 1.165) is 35.0 Å². The van der Waals surface area contributed by atoms with E-state index in [4.69, 9.17) is 16.0 Å². The van der Waals surface area contributed by atoms with Gasteiger partial charge in [0.25, 0.3) is 5.91 Å². The summed E-state index contributed by atoms with van der Waals surface area (Å²) in [6.45, 7) is 4.37. The Morgan fingerprint density at radius 3 is 2.79 bits per heavy atom. The highest BCUT2D eigenvalue weighted by Crippen LogP contribution is 2.43. The Morgan fingerprint density at radius 2 is 2.00 bits per heavy atom. The minimum atomic E-state index is -0.718. The summed E-state index contributed by atoms with van der Waals surface area (Å²) in [7, 11) is 0.